The van der Waals surface area contributed by atoms with Crippen LogP contribution in [-0.4, -0.2) is 42.7 Å². The standard InChI is InChI=1S/C23H29FN4O2/c1-16(2)15-30-19-6-7-21(20(24)14-19)26-23(29)25-18-5-8-22-17(13-18)9-10-28(22)12-11-27(3)4/h5-10,13-14,16H,11-12,15H2,1-4H3,(H2,25,26,29). The number of carbonyl (C=O) groups is 1. The molecule has 0 aliphatic carbocycles. The van der Waals surface area contributed by atoms with Gasteiger partial charge in [0.2, 0.25) is 0 Å². The van der Waals surface area contributed by atoms with Gasteiger partial charge in [0, 0.05) is 41.9 Å². The van der Waals surface area contributed by atoms with Crippen molar-refractivity contribution >= 4 is 28.3 Å². The normalized spacial score (nSPS) is 11.3. The van der Waals surface area contributed by atoms with Crippen LogP contribution in [0.3, 0.4) is 0 Å². The van der Waals surface area contributed by atoms with Gasteiger partial charge in [-0.1, -0.05) is 13.8 Å². The van der Waals surface area contributed by atoms with E-state index in [-0.39, 0.29) is 5.69 Å². The minimum absolute atomic E-state index is 0.0975. The third-order valence-corrected chi connectivity index (χ3v) is 4.59. The summed E-state index contributed by atoms with van der Waals surface area (Å²) in [5, 5.41) is 6.34. The molecule has 2 aromatic carbocycles. The minimum Gasteiger partial charge on any atom is -0.493 e. The summed E-state index contributed by atoms with van der Waals surface area (Å²) in [6.45, 7) is 6.38. The number of likely N-dealkylation sites (N-methyl/N-ethyl adjacent to an activating group) is 1. The second-order valence-corrected chi connectivity index (χ2v) is 8.01. The van der Waals surface area contributed by atoms with Crippen LogP contribution in [0.4, 0.5) is 20.6 Å². The Labute approximate surface area is 176 Å². The van der Waals surface area contributed by atoms with Crippen LogP contribution in [0.5, 0.6) is 5.75 Å². The van der Waals surface area contributed by atoms with Gasteiger partial charge in [-0.3, -0.25) is 0 Å². The summed E-state index contributed by atoms with van der Waals surface area (Å²) in [6.07, 6.45) is 2.04. The molecule has 0 bridgehead atoms. The maximum absolute atomic E-state index is 14.3. The molecule has 3 rings (SSSR count). The molecule has 2 amide bonds. The van der Waals surface area contributed by atoms with Crippen LogP contribution in [0.25, 0.3) is 10.9 Å². The Hall–Kier alpha value is -3.06. The van der Waals surface area contributed by atoms with Gasteiger partial charge in [0.1, 0.15) is 11.6 Å². The van der Waals surface area contributed by atoms with Gasteiger partial charge in [-0.2, -0.15) is 0 Å². The number of urea groups is 1. The van der Waals surface area contributed by atoms with Crippen LogP contribution >= 0.6 is 0 Å². The van der Waals surface area contributed by atoms with Crippen LogP contribution < -0.4 is 15.4 Å². The number of carbonyl (C=O) groups excluding carboxylic acids is 1. The molecular formula is C23H29FN4O2. The summed E-state index contributed by atoms with van der Waals surface area (Å²) in [6, 6.07) is 11.7. The van der Waals surface area contributed by atoms with Crippen molar-refractivity contribution < 1.29 is 13.9 Å². The van der Waals surface area contributed by atoms with Crippen LogP contribution in [0.2, 0.25) is 0 Å². The van der Waals surface area contributed by atoms with Crippen LogP contribution in [-0.2, 0) is 6.54 Å². The topological polar surface area (TPSA) is 58.5 Å². The van der Waals surface area contributed by atoms with Crippen molar-refractivity contribution in [2.45, 2.75) is 20.4 Å². The predicted octanol–water partition coefficient (Wildman–Crippen LogP) is 5.02. The van der Waals surface area contributed by atoms with Crippen molar-refractivity contribution in [2.75, 3.05) is 37.9 Å². The highest BCUT2D eigenvalue weighted by atomic mass is 19.1. The average Bonchev–Trinajstić information content (AvgIpc) is 3.08. The van der Waals surface area contributed by atoms with Crippen molar-refractivity contribution in [2.24, 2.45) is 5.92 Å². The van der Waals surface area contributed by atoms with E-state index in [0.717, 1.165) is 24.0 Å². The van der Waals surface area contributed by atoms with Crippen molar-refractivity contribution in [3.05, 3.63) is 54.5 Å². The molecule has 1 aromatic heterocycles. The molecule has 3 aromatic rings. The lowest BCUT2D eigenvalue weighted by atomic mass is 10.2. The van der Waals surface area contributed by atoms with Gasteiger partial charge in [0.05, 0.1) is 12.3 Å². The zero-order valence-electron chi connectivity index (χ0n) is 17.9. The number of fused-ring (bicyclic) bond motifs is 1. The van der Waals surface area contributed by atoms with E-state index in [9.17, 15) is 9.18 Å². The molecule has 160 valence electrons. The van der Waals surface area contributed by atoms with E-state index in [1.54, 1.807) is 6.07 Å². The Bertz CT molecular complexity index is 1010. The molecule has 1 heterocycles. The quantitative estimate of drug-likeness (QED) is 0.546. The molecule has 0 fully saturated rings. The van der Waals surface area contributed by atoms with Crippen LogP contribution in [0.1, 0.15) is 13.8 Å². The fourth-order valence-electron chi connectivity index (χ4n) is 3.02. The molecule has 30 heavy (non-hydrogen) atoms. The van der Waals surface area contributed by atoms with Crippen molar-refractivity contribution in [3.8, 4) is 5.75 Å². The molecule has 0 aliphatic rings. The van der Waals surface area contributed by atoms with Gasteiger partial charge in [-0.05, 0) is 56.4 Å². The third-order valence-electron chi connectivity index (χ3n) is 4.59. The number of hydrogen-bond acceptors (Lipinski definition) is 3. The van der Waals surface area contributed by atoms with E-state index in [2.05, 4.69) is 20.1 Å². The van der Waals surface area contributed by atoms with E-state index in [0.29, 0.717) is 24.0 Å². The number of ether oxygens (including phenoxy) is 1. The Balaban J connectivity index is 1.62. The number of aromatic nitrogens is 1. The highest BCUT2D eigenvalue weighted by Crippen LogP contribution is 2.23. The summed E-state index contributed by atoms with van der Waals surface area (Å²) >= 11 is 0. The number of nitrogens with zero attached hydrogens (tertiary/aromatic N) is 2. The Morgan fingerprint density at radius 3 is 2.63 bits per heavy atom. The fraction of sp³-hybridized carbons (Fsp3) is 0.348. The second kappa shape index (κ2) is 9.63. The summed E-state index contributed by atoms with van der Waals surface area (Å²) < 4.78 is 22.0. The van der Waals surface area contributed by atoms with Gasteiger partial charge in [-0.25, -0.2) is 9.18 Å². The highest BCUT2D eigenvalue weighted by Gasteiger charge is 2.10. The maximum atomic E-state index is 14.3. The zero-order chi connectivity index (χ0) is 21.7. The zero-order valence-corrected chi connectivity index (χ0v) is 17.9. The number of halogens is 1. The number of rotatable bonds is 8. The number of amides is 2. The number of hydrogen-bond donors (Lipinski definition) is 2. The first-order valence-electron chi connectivity index (χ1n) is 10.1. The SMILES string of the molecule is CC(C)COc1ccc(NC(=O)Nc2ccc3c(ccn3CCN(C)C)c2)c(F)c1. The highest BCUT2D eigenvalue weighted by molar-refractivity contribution is 6.01. The van der Waals surface area contributed by atoms with Gasteiger partial charge in [-0.15, -0.1) is 0 Å². The molecule has 0 saturated carbocycles. The fourth-order valence-corrected chi connectivity index (χ4v) is 3.02. The molecule has 0 spiro atoms. The van der Waals surface area contributed by atoms with Crippen molar-refractivity contribution in [1.82, 2.24) is 9.47 Å². The Kier molecular flexibility index (Phi) is 6.95. The van der Waals surface area contributed by atoms with E-state index < -0.39 is 11.8 Å². The van der Waals surface area contributed by atoms with E-state index in [1.807, 2.05) is 58.4 Å². The summed E-state index contributed by atoms with van der Waals surface area (Å²) in [5.41, 5.74) is 1.84. The number of nitrogens with one attached hydrogen (secondary N) is 2. The van der Waals surface area contributed by atoms with Gasteiger partial charge >= 0.3 is 6.03 Å². The Morgan fingerprint density at radius 1 is 1.13 bits per heavy atom. The number of anilines is 2. The monoisotopic (exact) mass is 412 g/mol. The third kappa shape index (κ3) is 5.73. The first-order valence-corrected chi connectivity index (χ1v) is 10.1. The second-order valence-electron chi connectivity index (χ2n) is 8.01. The van der Waals surface area contributed by atoms with Crippen molar-refractivity contribution in [3.63, 3.8) is 0 Å². The summed E-state index contributed by atoms with van der Waals surface area (Å²) in [5.74, 6) is 0.245. The summed E-state index contributed by atoms with van der Waals surface area (Å²) in [7, 11) is 4.09. The number of benzene rings is 2. The van der Waals surface area contributed by atoms with E-state index >= 15 is 0 Å². The van der Waals surface area contributed by atoms with Crippen LogP contribution in [0.15, 0.2) is 48.7 Å². The maximum Gasteiger partial charge on any atom is 0.323 e. The summed E-state index contributed by atoms with van der Waals surface area (Å²) in [4.78, 5) is 14.5. The predicted molar refractivity (Wildman–Crippen MR) is 120 cm³/mol. The van der Waals surface area contributed by atoms with Gasteiger partial charge in [0.15, 0.2) is 0 Å². The van der Waals surface area contributed by atoms with E-state index in [1.165, 1.54) is 12.1 Å². The lowest BCUT2D eigenvalue weighted by Gasteiger charge is -2.12. The van der Waals surface area contributed by atoms with Gasteiger partial charge in [0.25, 0.3) is 0 Å². The average molecular weight is 413 g/mol. The first-order chi connectivity index (χ1) is 14.3. The molecule has 7 heteroatoms. The molecule has 6 nitrogen and oxygen atoms in total. The largest absolute Gasteiger partial charge is 0.493 e. The first kappa shape index (κ1) is 21.6. The van der Waals surface area contributed by atoms with Gasteiger partial charge < -0.3 is 24.8 Å². The van der Waals surface area contributed by atoms with E-state index in [4.69, 9.17) is 4.74 Å². The molecule has 2 N–H and O–H groups in total. The lowest BCUT2D eigenvalue weighted by molar-refractivity contribution is 0.262. The molecular weight excluding hydrogens is 383 g/mol. The lowest BCUT2D eigenvalue weighted by Crippen LogP contribution is -2.20. The molecule has 0 radical (unpaired) electrons. The van der Waals surface area contributed by atoms with Crippen molar-refractivity contribution in [1.29, 1.82) is 0 Å². The minimum atomic E-state index is -0.542. The smallest absolute Gasteiger partial charge is 0.323 e. The molecule has 0 saturated heterocycles. The molecule has 0 unspecified atom stereocenters. The van der Waals surface area contributed by atoms with Crippen LogP contribution in [0, 0.1) is 11.7 Å². The molecule has 0 aliphatic heterocycles. The molecule has 0 atom stereocenters. The Morgan fingerprint density at radius 2 is 1.93 bits per heavy atom.